The van der Waals surface area contributed by atoms with Crippen molar-refractivity contribution in [3.8, 4) is 5.75 Å². The quantitative estimate of drug-likeness (QED) is 0.186. The second-order valence-electron chi connectivity index (χ2n) is 8.67. The molecular weight excluding hydrogens is 460 g/mol. The third-order valence-corrected chi connectivity index (χ3v) is 6.16. The Hall–Kier alpha value is -4.31. The zero-order valence-corrected chi connectivity index (χ0v) is 20.0. The minimum absolute atomic E-state index is 0.245. The summed E-state index contributed by atoms with van der Waals surface area (Å²) in [7, 11) is 1.62. The Morgan fingerprint density at radius 1 is 0.972 bits per heavy atom. The number of nitrogens with two attached hydrogens (primary N) is 2. The molecular formula is C26H30N6O4. The number of nitrogens with one attached hydrogen (secondary N) is 4. The van der Waals surface area contributed by atoms with E-state index in [0.717, 1.165) is 38.7 Å². The first-order valence-corrected chi connectivity index (χ1v) is 11.7. The van der Waals surface area contributed by atoms with E-state index in [0.29, 0.717) is 13.0 Å². The number of benzene rings is 2. The van der Waals surface area contributed by atoms with Crippen molar-refractivity contribution in [2.45, 2.75) is 31.3 Å². The average Bonchev–Trinajstić information content (AvgIpc) is 3.46. The molecule has 2 aromatic carbocycles. The number of carbonyl (C=O) groups is 3. The van der Waals surface area contributed by atoms with Crippen LogP contribution < -0.4 is 26.8 Å². The normalized spacial score (nSPS) is 12.8. The fourth-order valence-electron chi connectivity index (χ4n) is 4.25. The summed E-state index contributed by atoms with van der Waals surface area (Å²) in [5, 5.41) is 7.59. The van der Waals surface area contributed by atoms with Crippen molar-refractivity contribution in [3.63, 3.8) is 0 Å². The van der Waals surface area contributed by atoms with Crippen LogP contribution in [0.2, 0.25) is 0 Å². The van der Waals surface area contributed by atoms with Gasteiger partial charge in [0.1, 0.15) is 11.8 Å². The highest BCUT2D eigenvalue weighted by Gasteiger charge is 2.25. The van der Waals surface area contributed by atoms with Gasteiger partial charge in [0.05, 0.1) is 19.6 Å². The van der Waals surface area contributed by atoms with Crippen LogP contribution in [0.3, 0.4) is 0 Å². The lowest BCUT2D eigenvalue weighted by molar-refractivity contribution is -0.130. The minimum Gasteiger partial charge on any atom is -0.497 e. The smallest absolute Gasteiger partial charge is 0.242 e. The zero-order chi connectivity index (χ0) is 25.7. The summed E-state index contributed by atoms with van der Waals surface area (Å²) in [6.45, 7) is 0.358. The summed E-state index contributed by atoms with van der Waals surface area (Å²) in [4.78, 5) is 43.4. The number of aromatic amines is 2. The number of amides is 3. The first-order chi connectivity index (χ1) is 17.4. The molecule has 0 aliphatic heterocycles. The highest BCUT2D eigenvalue weighted by molar-refractivity contribution is 5.93. The van der Waals surface area contributed by atoms with Crippen molar-refractivity contribution in [1.82, 2.24) is 20.6 Å². The number of fused-ring (bicyclic) bond motifs is 2. The van der Waals surface area contributed by atoms with Crippen molar-refractivity contribution in [2.24, 2.45) is 11.5 Å². The monoisotopic (exact) mass is 490 g/mol. The molecule has 36 heavy (non-hydrogen) atoms. The van der Waals surface area contributed by atoms with E-state index in [1.165, 1.54) is 0 Å². The largest absolute Gasteiger partial charge is 0.497 e. The third kappa shape index (κ3) is 5.66. The number of primary amides is 1. The van der Waals surface area contributed by atoms with Gasteiger partial charge < -0.3 is 36.8 Å². The van der Waals surface area contributed by atoms with Gasteiger partial charge in [-0.15, -0.1) is 0 Å². The maximum atomic E-state index is 13.2. The molecule has 188 valence electrons. The van der Waals surface area contributed by atoms with E-state index in [1.54, 1.807) is 7.11 Å². The maximum absolute atomic E-state index is 13.2. The van der Waals surface area contributed by atoms with Gasteiger partial charge >= 0.3 is 0 Å². The first-order valence-electron chi connectivity index (χ1n) is 11.7. The molecule has 4 aromatic rings. The Morgan fingerprint density at radius 2 is 1.69 bits per heavy atom. The summed E-state index contributed by atoms with van der Waals surface area (Å²) in [6, 6.07) is 11.4. The van der Waals surface area contributed by atoms with Crippen LogP contribution in [0, 0.1) is 0 Å². The van der Waals surface area contributed by atoms with Gasteiger partial charge in [-0.1, -0.05) is 18.2 Å². The molecule has 0 aliphatic rings. The van der Waals surface area contributed by atoms with Crippen LogP contribution in [0.25, 0.3) is 21.8 Å². The second kappa shape index (κ2) is 11.0. The van der Waals surface area contributed by atoms with Crippen molar-refractivity contribution in [2.75, 3.05) is 13.7 Å². The third-order valence-electron chi connectivity index (χ3n) is 6.16. The lowest BCUT2D eigenvalue weighted by Crippen LogP contribution is -2.53. The number of H-pyrrole nitrogens is 2. The SMILES string of the molecule is COc1ccc2[nH]cc(CCNC(=O)[C@H](Cc3c[nH]c4ccccc34)NC(=O)[C@@H](N)CC(N)=O)c2c1. The summed E-state index contributed by atoms with van der Waals surface area (Å²) < 4.78 is 5.32. The van der Waals surface area contributed by atoms with Crippen molar-refractivity contribution in [3.05, 3.63) is 66.0 Å². The molecule has 2 aromatic heterocycles. The summed E-state index contributed by atoms with van der Waals surface area (Å²) in [5.74, 6) is -0.901. The molecule has 8 N–H and O–H groups in total. The molecule has 10 heteroatoms. The molecule has 10 nitrogen and oxygen atoms in total. The number of ether oxygens (including phenoxy) is 1. The summed E-state index contributed by atoms with van der Waals surface area (Å²) in [6.07, 6.45) is 4.24. The maximum Gasteiger partial charge on any atom is 0.242 e. The van der Waals surface area contributed by atoms with Crippen LogP contribution in [0.4, 0.5) is 0 Å². The van der Waals surface area contributed by atoms with E-state index in [1.807, 2.05) is 54.9 Å². The molecule has 0 saturated carbocycles. The standard InChI is InChI=1S/C26H30N6O4/c1-36-17-6-7-22-19(11-17)15(13-30-22)8-9-29-26(35)23(32-25(34)20(27)12-24(28)33)10-16-14-31-21-5-3-2-4-18(16)21/h2-7,11,13-14,20,23,30-31H,8-10,12,27H2,1H3,(H2,28,33)(H,29,35)(H,32,34)/t20-,23-/m0/s1. The van der Waals surface area contributed by atoms with Gasteiger partial charge in [-0.05, 0) is 41.8 Å². The van der Waals surface area contributed by atoms with Gasteiger partial charge in [-0.2, -0.15) is 0 Å². The lowest BCUT2D eigenvalue weighted by Gasteiger charge is -2.20. The number of methoxy groups -OCH3 is 1. The topological polar surface area (TPSA) is 168 Å². The molecule has 4 rings (SSSR count). The number of rotatable bonds is 11. The van der Waals surface area contributed by atoms with E-state index in [9.17, 15) is 14.4 Å². The minimum atomic E-state index is -1.14. The first kappa shape index (κ1) is 24.8. The van der Waals surface area contributed by atoms with Gasteiger partial charge in [-0.3, -0.25) is 14.4 Å². The van der Waals surface area contributed by atoms with Crippen LogP contribution in [-0.2, 0) is 27.2 Å². The highest BCUT2D eigenvalue weighted by Crippen LogP contribution is 2.24. The molecule has 0 aliphatic carbocycles. The van der Waals surface area contributed by atoms with Gasteiger partial charge in [0.25, 0.3) is 0 Å². The predicted molar refractivity (Wildman–Crippen MR) is 137 cm³/mol. The molecule has 0 unspecified atom stereocenters. The fourth-order valence-corrected chi connectivity index (χ4v) is 4.25. The Kier molecular flexibility index (Phi) is 7.55. The Bertz CT molecular complexity index is 1390. The van der Waals surface area contributed by atoms with E-state index >= 15 is 0 Å². The van der Waals surface area contributed by atoms with Crippen LogP contribution in [0.15, 0.2) is 54.9 Å². The van der Waals surface area contributed by atoms with Crippen LogP contribution in [-0.4, -0.2) is 53.4 Å². The Balaban J connectivity index is 1.46. The second-order valence-corrected chi connectivity index (χ2v) is 8.67. The van der Waals surface area contributed by atoms with Gasteiger partial charge in [0, 0.05) is 47.2 Å². The van der Waals surface area contributed by atoms with E-state index in [2.05, 4.69) is 20.6 Å². The predicted octanol–water partition coefficient (Wildman–Crippen LogP) is 1.25. The molecule has 0 spiro atoms. The van der Waals surface area contributed by atoms with Crippen molar-refractivity contribution < 1.29 is 19.1 Å². The number of aromatic nitrogens is 2. The lowest BCUT2D eigenvalue weighted by atomic mass is 10.0. The number of para-hydroxylation sites is 1. The molecule has 0 fully saturated rings. The molecule has 3 amide bonds. The zero-order valence-electron chi connectivity index (χ0n) is 20.0. The van der Waals surface area contributed by atoms with Crippen LogP contribution in [0.5, 0.6) is 5.75 Å². The molecule has 0 radical (unpaired) electrons. The van der Waals surface area contributed by atoms with Crippen molar-refractivity contribution in [1.29, 1.82) is 0 Å². The van der Waals surface area contributed by atoms with Crippen molar-refractivity contribution >= 4 is 39.5 Å². The van der Waals surface area contributed by atoms with E-state index in [4.69, 9.17) is 16.2 Å². The number of hydrogen-bond donors (Lipinski definition) is 6. The Morgan fingerprint density at radius 3 is 2.44 bits per heavy atom. The highest BCUT2D eigenvalue weighted by atomic mass is 16.5. The fraction of sp³-hybridized carbons (Fsp3) is 0.269. The van der Waals surface area contributed by atoms with Crippen LogP contribution in [0.1, 0.15) is 17.5 Å². The average molecular weight is 491 g/mol. The number of hydrogen-bond acceptors (Lipinski definition) is 5. The molecule has 0 bridgehead atoms. The van der Waals surface area contributed by atoms with Gasteiger partial charge in [0.2, 0.25) is 17.7 Å². The van der Waals surface area contributed by atoms with Crippen LogP contribution >= 0.6 is 0 Å². The molecule has 0 saturated heterocycles. The van der Waals surface area contributed by atoms with E-state index in [-0.39, 0.29) is 18.7 Å². The Labute approximate surface area is 207 Å². The summed E-state index contributed by atoms with van der Waals surface area (Å²) >= 11 is 0. The van der Waals surface area contributed by atoms with Gasteiger partial charge in [-0.25, -0.2) is 0 Å². The molecule has 2 atom stereocenters. The summed E-state index contributed by atoms with van der Waals surface area (Å²) in [5.41, 5.74) is 14.8. The number of carbonyl (C=O) groups excluding carboxylic acids is 3. The van der Waals surface area contributed by atoms with Gasteiger partial charge in [0.15, 0.2) is 0 Å². The molecule has 2 heterocycles. The van der Waals surface area contributed by atoms with E-state index < -0.39 is 23.9 Å².